The minimum Gasteiger partial charge on any atom is -0.394 e. The lowest BCUT2D eigenvalue weighted by Gasteiger charge is -2.40. The molecule has 0 aromatic heterocycles. The van der Waals surface area contributed by atoms with Crippen molar-refractivity contribution in [2.45, 2.75) is 30.6 Å². The Morgan fingerprint density at radius 2 is 1.88 bits per heavy atom. The zero-order chi connectivity index (χ0) is 12.3. The second-order valence-electron chi connectivity index (χ2n) is 3.45. The number of carbonyl (C=O) groups excluding carboxylic acids is 1. The van der Waals surface area contributed by atoms with Crippen molar-refractivity contribution < 1.29 is 30.0 Å². The zero-order valence-corrected chi connectivity index (χ0v) is 10.4. The Morgan fingerprint density at radius 1 is 1.25 bits per heavy atom. The molecular formula is C8H14INO6. The number of rotatable bonds is 3. The molecule has 1 heterocycles. The fraction of sp³-hybridized carbons (Fsp3) is 0.875. The maximum atomic E-state index is 11.1. The van der Waals surface area contributed by atoms with Gasteiger partial charge in [0.25, 0.3) is 0 Å². The van der Waals surface area contributed by atoms with E-state index in [-0.39, 0.29) is 10.3 Å². The molecule has 1 aliphatic heterocycles. The molecule has 0 aliphatic carbocycles. The van der Waals surface area contributed by atoms with Gasteiger partial charge < -0.3 is 30.5 Å². The highest BCUT2D eigenvalue weighted by Crippen LogP contribution is 2.19. The van der Waals surface area contributed by atoms with Gasteiger partial charge in [-0.2, -0.15) is 0 Å². The number of carbonyl (C=O) groups is 1. The molecule has 0 bridgehead atoms. The van der Waals surface area contributed by atoms with Crippen molar-refractivity contribution in [2.75, 3.05) is 11.0 Å². The van der Waals surface area contributed by atoms with Gasteiger partial charge in [0.2, 0.25) is 5.91 Å². The van der Waals surface area contributed by atoms with Crippen molar-refractivity contribution in [3.05, 3.63) is 0 Å². The Morgan fingerprint density at radius 3 is 2.38 bits per heavy atom. The Balaban J connectivity index is 2.67. The molecule has 5 N–H and O–H groups in total. The molecule has 7 nitrogen and oxygen atoms in total. The van der Waals surface area contributed by atoms with E-state index in [0.29, 0.717) is 0 Å². The maximum Gasteiger partial charge on any atom is 0.231 e. The Bertz CT molecular complexity index is 251. The van der Waals surface area contributed by atoms with E-state index in [1.54, 1.807) is 0 Å². The summed E-state index contributed by atoms with van der Waals surface area (Å²) in [5, 5.41) is 39.6. The SMILES string of the molecule is O=C(CI)N[C@@H]1OC(CO)[C@H](O)[C@H](O)C1O. The van der Waals surface area contributed by atoms with Crippen molar-refractivity contribution in [2.24, 2.45) is 0 Å². The Kier molecular flexibility index (Phi) is 5.34. The summed E-state index contributed by atoms with van der Waals surface area (Å²) in [7, 11) is 0. The second kappa shape index (κ2) is 6.07. The lowest BCUT2D eigenvalue weighted by molar-refractivity contribution is -0.235. The van der Waals surface area contributed by atoms with E-state index < -0.39 is 37.3 Å². The maximum absolute atomic E-state index is 11.1. The average molecular weight is 347 g/mol. The fourth-order valence-electron chi connectivity index (χ4n) is 1.42. The minimum absolute atomic E-state index is 0.173. The van der Waals surface area contributed by atoms with Gasteiger partial charge in [-0.25, -0.2) is 0 Å². The largest absolute Gasteiger partial charge is 0.394 e. The molecule has 0 aromatic rings. The first-order valence-corrected chi connectivity index (χ1v) is 6.19. The average Bonchev–Trinajstić information content (AvgIpc) is 2.29. The van der Waals surface area contributed by atoms with Gasteiger partial charge >= 0.3 is 0 Å². The van der Waals surface area contributed by atoms with Crippen molar-refractivity contribution in [3.8, 4) is 0 Å². The number of hydrogen-bond acceptors (Lipinski definition) is 6. The van der Waals surface area contributed by atoms with Crippen LogP contribution in [0.25, 0.3) is 0 Å². The first-order valence-electron chi connectivity index (χ1n) is 4.67. The molecule has 8 heteroatoms. The summed E-state index contributed by atoms with van der Waals surface area (Å²) >= 11 is 1.83. The van der Waals surface area contributed by atoms with Gasteiger partial charge in [0.05, 0.1) is 11.0 Å². The van der Waals surface area contributed by atoms with Gasteiger partial charge in [0.15, 0.2) is 6.23 Å². The number of hydrogen-bond donors (Lipinski definition) is 5. The zero-order valence-electron chi connectivity index (χ0n) is 8.28. The van der Waals surface area contributed by atoms with Crippen molar-refractivity contribution in [1.82, 2.24) is 5.32 Å². The van der Waals surface area contributed by atoms with E-state index in [4.69, 9.17) is 9.84 Å². The predicted molar refractivity (Wildman–Crippen MR) is 60.8 cm³/mol. The quantitative estimate of drug-likeness (QED) is 0.281. The number of aliphatic hydroxyl groups excluding tert-OH is 4. The normalized spacial score (nSPS) is 39.4. The van der Waals surface area contributed by atoms with Crippen LogP contribution < -0.4 is 5.32 Å². The third kappa shape index (κ3) is 3.02. The fourth-order valence-corrected chi connectivity index (χ4v) is 1.64. The van der Waals surface area contributed by atoms with Crippen LogP contribution in [0.1, 0.15) is 0 Å². The summed E-state index contributed by atoms with van der Waals surface area (Å²) < 4.78 is 5.23. The van der Waals surface area contributed by atoms with Gasteiger partial charge in [-0.15, -0.1) is 0 Å². The standard InChI is InChI=1S/C8H14INO6/c9-1-4(12)10-8-7(15)6(14)5(13)3(2-11)16-8/h3,5-8,11,13-15H,1-2H2,(H,10,12)/t3?,5-,6-,7?,8+/m0/s1. The minimum atomic E-state index is -1.47. The van der Waals surface area contributed by atoms with Gasteiger partial charge in [-0.1, -0.05) is 22.6 Å². The van der Waals surface area contributed by atoms with E-state index >= 15 is 0 Å². The highest BCUT2D eigenvalue weighted by atomic mass is 127. The van der Waals surface area contributed by atoms with E-state index in [1.165, 1.54) is 0 Å². The van der Waals surface area contributed by atoms with Crippen molar-refractivity contribution >= 4 is 28.5 Å². The molecule has 1 rings (SSSR count). The molecule has 0 spiro atoms. The molecule has 0 saturated carbocycles. The first kappa shape index (κ1) is 14.1. The molecule has 1 aliphatic rings. The number of ether oxygens (including phenoxy) is 1. The lowest BCUT2D eigenvalue weighted by atomic mass is 9.98. The van der Waals surface area contributed by atoms with Crippen LogP contribution in [0.3, 0.4) is 0 Å². The number of aliphatic hydroxyl groups is 4. The molecule has 16 heavy (non-hydrogen) atoms. The van der Waals surface area contributed by atoms with E-state index in [2.05, 4.69) is 5.32 Å². The molecule has 1 fully saturated rings. The smallest absolute Gasteiger partial charge is 0.231 e. The summed E-state index contributed by atoms with van der Waals surface area (Å²) in [6.07, 6.45) is -6.43. The molecule has 2 unspecified atom stereocenters. The Labute approximate surface area is 106 Å². The summed E-state index contributed by atoms with van der Waals surface area (Å²) in [5.41, 5.74) is 0. The highest BCUT2D eigenvalue weighted by Gasteiger charge is 2.43. The van der Waals surface area contributed by atoms with Gasteiger partial charge in [-0.3, -0.25) is 4.79 Å². The van der Waals surface area contributed by atoms with Crippen LogP contribution in [0.5, 0.6) is 0 Å². The van der Waals surface area contributed by atoms with Crippen molar-refractivity contribution in [3.63, 3.8) is 0 Å². The molecule has 0 radical (unpaired) electrons. The molecule has 0 aromatic carbocycles. The van der Waals surface area contributed by atoms with E-state index in [0.717, 1.165) is 0 Å². The van der Waals surface area contributed by atoms with E-state index in [9.17, 15) is 20.1 Å². The number of amides is 1. The third-order valence-corrected chi connectivity index (χ3v) is 3.01. The molecule has 1 amide bonds. The van der Waals surface area contributed by atoms with Crippen LogP contribution in [0.4, 0.5) is 0 Å². The van der Waals surface area contributed by atoms with Gasteiger partial charge in [-0.05, 0) is 0 Å². The summed E-state index contributed by atoms with van der Waals surface area (Å²) in [6, 6.07) is 0. The topological polar surface area (TPSA) is 119 Å². The van der Waals surface area contributed by atoms with Crippen LogP contribution >= 0.6 is 22.6 Å². The van der Waals surface area contributed by atoms with Crippen LogP contribution in [0.15, 0.2) is 0 Å². The molecule has 1 saturated heterocycles. The predicted octanol–water partition coefficient (Wildman–Crippen LogP) is -2.66. The third-order valence-electron chi connectivity index (χ3n) is 2.32. The van der Waals surface area contributed by atoms with Crippen LogP contribution in [0, 0.1) is 0 Å². The van der Waals surface area contributed by atoms with Crippen LogP contribution in [-0.4, -0.2) is 68.0 Å². The Hall–Kier alpha value is -0.0000000000000000694. The van der Waals surface area contributed by atoms with Crippen LogP contribution in [0.2, 0.25) is 0 Å². The number of nitrogens with one attached hydrogen (secondary N) is 1. The molecular weight excluding hydrogens is 333 g/mol. The highest BCUT2D eigenvalue weighted by molar-refractivity contribution is 14.1. The van der Waals surface area contributed by atoms with Gasteiger partial charge in [0, 0.05) is 0 Å². The summed E-state index contributed by atoms with van der Waals surface area (Å²) in [5.74, 6) is -0.370. The molecule has 94 valence electrons. The number of halogens is 1. The molecule has 5 atom stereocenters. The van der Waals surface area contributed by atoms with Gasteiger partial charge in [0.1, 0.15) is 24.4 Å². The van der Waals surface area contributed by atoms with Crippen molar-refractivity contribution in [1.29, 1.82) is 0 Å². The first-order chi connectivity index (χ1) is 7.51. The summed E-state index contributed by atoms with van der Waals surface area (Å²) in [4.78, 5) is 11.1. The van der Waals surface area contributed by atoms with Crippen LogP contribution in [-0.2, 0) is 9.53 Å². The summed E-state index contributed by atoms with van der Waals surface area (Å²) in [6.45, 7) is -0.512. The number of alkyl halides is 1. The van der Waals surface area contributed by atoms with E-state index in [1.807, 2.05) is 22.6 Å². The second-order valence-corrected chi connectivity index (χ2v) is 4.21. The lowest BCUT2D eigenvalue weighted by Crippen LogP contribution is -2.63. The monoisotopic (exact) mass is 347 g/mol.